The molecule has 4 rings (SSSR count). The van der Waals surface area contributed by atoms with Crippen LogP contribution in [0.5, 0.6) is 5.75 Å². The molecule has 6 nitrogen and oxygen atoms in total. The van der Waals surface area contributed by atoms with Gasteiger partial charge in [0, 0.05) is 24.1 Å². The first-order valence-corrected chi connectivity index (χ1v) is 12.4. The van der Waals surface area contributed by atoms with E-state index in [2.05, 4.69) is 16.3 Å². The number of nitrogens with zero attached hydrogens (tertiary/aromatic N) is 1. The van der Waals surface area contributed by atoms with Gasteiger partial charge in [-0.2, -0.15) is 0 Å². The Balaban J connectivity index is 1.36. The summed E-state index contributed by atoms with van der Waals surface area (Å²) in [6, 6.07) is 9.69. The first-order valence-electron chi connectivity index (χ1n) is 10.5. The van der Waals surface area contributed by atoms with Crippen LogP contribution in [0.25, 0.3) is 0 Å². The number of piperidine rings is 1. The third kappa shape index (κ3) is 4.23. The highest BCUT2D eigenvalue weighted by Gasteiger charge is 2.48. The fraction of sp³-hybridized carbons (Fsp3) is 0.435. The van der Waals surface area contributed by atoms with Gasteiger partial charge in [0.2, 0.25) is 5.91 Å². The van der Waals surface area contributed by atoms with Gasteiger partial charge >= 0.3 is 0 Å². The zero-order valence-electron chi connectivity index (χ0n) is 18.0. The number of rotatable bonds is 6. The summed E-state index contributed by atoms with van der Waals surface area (Å²) in [7, 11) is -3.75. The minimum atomic E-state index is -3.75. The summed E-state index contributed by atoms with van der Waals surface area (Å²) in [6.45, 7) is 4.32. The van der Waals surface area contributed by atoms with Crippen molar-refractivity contribution in [2.45, 2.75) is 36.5 Å². The van der Waals surface area contributed by atoms with Gasteiger partial charge in [-0.1, -0.05) is 17.7 Å². The lowest BCUT2D eigenvalue weighted by molar-refractivity contribution is -0.122. The van der Waals surface area contributed by atoms with Crippen molar-refractivity contribution >= 4 is 21.4 Å². The number of alkyl halides is 2. The van der Waals surface area contributed by atoms with E-state index in [0.717, 1.165) is 48.3 Å². The lowest BCUT2D eigenvalue weighted by Gasteiger charge is -2.38. The van der Waals surface area contributed by atoms with Crippen LogP contribution in [0, 0.1) is 6.92 Å². The Morgan fingerprint density at radius 2 is 1.88 bits per heavy atom. The third-order valence-corrected chi connectivity index (χ3v) is 7.55. The van der Waals surface area contributed by atoms with Gasteiger partial charge in [0.15, 0.2) is 9.84 Å². The molecule has 0 bridgehead atoms. The highest BCUT2D eigenvalue weighted by molar-refractivity contribution is 7.90. The van der Waals surface area contributed by atoms with E-state index in [0.29, 0.717) is 19.4 Å². The average molecular weight is 465 g/mol. The van der Waals surface area contributed by atoms with E-state index in [-0.39, 0.29) is 23.2 Å². The van der Waals surface area contributed by atoms with Crippen LogP contribution in [0.4, 0.5) is 14.5 Å². The summed E-state index contributed by atoms with van der Waals surface area (Å²) < 4.78 is 55.6. The number of carbonyl (C=O) groups excluding carboxylic acids is 1. The summed E-state index contributed by atoms with van der Waals surface area (Å²) in [5.74, 6) is 0.264. The Hall–Kier alpha value is -2.52. The molecule has 1 N–H and O–H groups in total. The van der Waals surface area contributed by atoms with Gasteiger partial charge < -0.3 is 10.1 Å². The number of carbonyl (C=O) groups is 1. The zero-order valence-corrected chi connectivity index (χ0v) is 18.8. The zero-order chi connectivity index (χ0) is 23.1. The van der Waals surface area contributed by atoms with Crippen LogP contribution in [0.1, 0.15) is 36.0 Å². The summed E-state index contributed by atoms with van der Waals surface area (Å²) in [5, 5.41) is 3.01. The second-order valence-electron chi connectivity index (χ2n) is 8.55. The maximum atomic E-state index is 13.3. The predicted molar refractivity (Wildman–Crippen MR) is 117 cm³/mol. The molecule has 1 amide bonds. The van der Waals surface area contributed by atoms with Crippen molar-refractivity contribution < 1.29 is 26.7 Å². The van der Waals surface area contributed by atoms with Crippen LogP contribution in [0.2, 0.25) is 0 Å². The first kappa shape index (κ1) is 22.7. The minimum Gasteiger partial charge on any atom is -0.492 e. The number of fused-ring (bicyclic) bond motifs is 2. The van der Waals surface area contributed by atoms with Crippen molar-refractivity contribution in [3.63, 3.8) is 0 Å². The number of halogens is 2. The van der Waals surface area contributed by atoms with E-state index in [9.17, 15) is 22.0 Å². The molecule has 2 aliphatic rings. The second kappa shape index (κ2) is 8.44. The number of amides is 1. The van der Waals surface area contributed by atoms with Crippen molar-refractivity contribution in [1.82, 2.24) is 4.90 Å². The summed E-state index contributed by atoms with van der Waals surface area (Å²) in [5.41, 5.74) is 2.05. The molecule has 32 heavy (non-hydrogen) atoms. The monoisotopic (exact) mass is 464 g/mol. The van der Waals surface area contributed by atoms with Crippen molar-refractivity contribution in [2.75, 3.05) is 37.8 Å². The number of hydrogen-bond acceptors (Lipinski definition) is 5. The molecular weight excluding hydrogens is 438 g/mol. The Bertz CT molecular complexity index is 1140. The molecule has 1 saturated heterocycles. The normalized spacial score (nSPS) is 18.1. The second-order valence-corrected chi connectivity index (χ2v) is 10.5. The van der Waals surface area contributed by atoms with Crippen LogP contribution in [0.15, 0.2) is 41.3 Å². The third-order valence-electron chi connectivity index (χ3n) is 6.38. The molecule has 2 aromatic rings. The standard InChI is InChI=1S/C23H26F2N2O4S/c1-15-3-5-19-18(13-15)23(22(28)26-19)7-9-27(10-8-23)11-12-31-16-4-6-20(32(2,29)30)17(14-16)21(24)25/h3-6,13-14,21H,7-12H2,1-2H3,(H,26,28). The van der Waals surface area contributed by atoms with Gasteiger partial charge in [-0.25, -0.2) is 17.2 Å². The molecule has 172 valence electrons. The smallest absolute Gasteiger partial charge is 0.265 e. The van der Waals surface area contributed by atoms with Crippen LogP contribution in [-0.4, -0.2) is 51.7 Å². The van der Waals surface area contributed by atoms with Gasteiger partial charge in [-0.15, -0.1) is 0 Å². The number of benzene rings is 2. The number of sulfone groups is 1. The Labute approximate surface area is 186 Å². The van der Waals surface area contributed by atoms with Gasteiger partial charge in [0.05, 0.1) is 10.3 Å². The summed E-state index contributed by atoms with van der Waals surface area (Å²) >= 11 is 0. The molecule has 1 fully saturated rings. The molecule has 1 spiro atoms. The number of ether oxygens (including phenoxy) is 1. The van der Waals surface area contributed by atoms with Crippen molar-refractivity contribution in [1.29, 1.82) is 0 Å². The largest absolute Gasteiger partial charge is 0.492 e. The Kier molecular flexibility index (Phi) is 5.98. The number of likely N-dealkylation sites (tertiary alicyclic amines) is 1. The molecule has 0 aliphatic carbocycles. The molecule has 0 aromatic heterocycles. The summed E-state index contributed by atoms with van der Waals surface area (Å²) in [6.07, 6.45) is -0.602. The first-order chi connectivity index (χ1) is 15.1. The van der Waals surface area contributed by atoms with E-state index >= 15 is 0 Å². The van der Waals surface area contributed by atoms with Gasteiger partial charge in [-0.3, -0.25) is 9.69 Å². The molecule has 2 aliphatic heterocycles. The topological polar surface area (TPSA) is 75.7 Å². The van der Waals surface area contributed by atoms with Crippen LogP contribution in [0.3, 0.4) is 0 Å². The number of nitrogens with one attached hydrogen (secondary N) is 1. The quantitative estimate of drug-likeness (QED) is 0.706. The molecule has 0 saturated carbocycles. The molecule has 0 unspecified atom stereocenters. The fourth-order valence-corrected chi connectivity index (χ4v) is 5.49. The van der Waals surface area contributed by atoms with Crippen LogP contribution >= 0.6 is 0 Å². The molecule has 0 atom stereocenters. The van der Waals surface area contributed by atoms with Crippen LogP contribution in [-0.2, 0) is 20.0 Å². The molecule has 2 aromatic carbocycles. The van der Waals surface area contributed by atoms with Crippen molar-refractivity contribution in [3.05, 3.63) is 53.1 Å². The number of aryl methyl sites for hydroxylation is 1. The van der Waals surface area contributed by atoms with Gasteiger partial charge in [0.25, 0.3) is 6.43 Å². The SMILES string of the molecule is Cc1ccc2c(c1)C1(CCN(CCOc3ccc(S(C)(=O)=O)c(C(F)F)c3)CC1)C(=O)N2. The molecule has 0 radical (unpaired) electrons. The lowest BCUT2D eigenvalue weighted by atomic mass is 9.73. The van der Waals surface area contributed by atoms with Crippen molar-refractivity contribution in [2.24, 2.45) is 0 Å². The lowest BCUT2D eigenvalue weighted by Crippen LogP contribution is -2.47. The van der Waals surface area contributed by atoms with Gasteiger partial charge in [0.1, 0.15) is 12.4 Å². The summed E-state index contributed by atoms with van der Waals surface area (Å²) in [4.78, 5) is 14.6. The fourth-order valence-electron chi connectivity index (χ4n) is 4.60. The van der Waals surface area contributed by atoms with E-state index < -0.39 is 27.2 Å². The van der Waals surface area contributed by atoms with Gasteiger partial charge in [-0.05, 0) is 62.7 Å². The highest BCUT2D eigenvalue weighted by atomic mass is 32.2. The number of anilines is 1. The van der Waals surface area contributed by atoms with E-state index in [4.69, 9.17) is 4.74 Å². The molecular formula is C23H26F2N2O4S. The Morgan fingerprint density at radius 3 is 2.53 bits per heavy atom. The maximum absolute atomic E-state index is 13.3. The maximum Gasteiger partial charge on any atom is 0.265 e. The minimum absolute atomic E-state index is 0.0551. The van der Waals surface area contributed by atoms with Crippen LogP contribution < -0.4 is 10.1 Å². The molecule has 9 heteroatoms. The molecule has 2 heterocycles. The van der Waals surface area contributed by atoms with E-state index in [1.807, 2.05) is 19.1 Å². The highest BCUT2D eigenvalue weighted by Crippen LogP contribution is 2.45. The van der Waals surface area contributed by atoms with Crippen molar-refractivity contribution in [3.8, 4) is 5.75 Å². The average Bonchev–Trinajstić information content (AvgIpc) is 2.99. The predicted octanol–water partition coefficient (Wildman–Crippen LogP) is 3.70. The Morgan fingerprint density at radius 1 is 1.16 bits per heavy atom. The van der Waals surface area contributed by atoms with E-state index in [1.54, 1.807) is 0 Å². The van der Waals surface area contributed by atoms with E-state index in [1.165, 1.54) is 6.07 Å². The number of hydrogen-bond donors (Lipinski definition) is 1.